The van der Waals surface area contributed by atoms with E-state index in [-0.39, 0.29) is 0 Å². The molecule has 1 aromatic rings. The highest BCUT2D eigenvalue weighted by molar-refractivity contribution is 9.10. The first-order valence-corrected chi connectivity index (χ1v) is 6.46. The summed E-state index contributed by atoms with van der Waals surface area (Å²) in [6.07, 6.45) is 5.53. The van der Waals surface area contributed by atoms with E-state index in [0.717, 1.165) is 29.7 Å². The Labute approximate surface area is 105 Å². The summed E-state index contributed by atoms with van der Waals surface area (Å²) in [6.45, 7) is 5.83. The summed E-state index contributed by atoms with van der Waals surface area (Å²) >= 11 is 3.49. The Bertz CT molecular complexity index is 315. The number of nitrogens with zero attached hydrogens (tertiary/aromatic N) is 3. The first kappa shape index (κ1) is 13.4. The van der Waals surface area contributed by atoms with Crippen LogP contribution < -0.4 is 10.6 Å². The number of aromatic nitrogens is 2. The molecule has 4 nitrogen and oxygen atoms in total. The lowest BCUT2D eigenvalue weighted by atomic mass is 10.1. The fourth-order valence-corrected chi connectivity index (χ4v) is 2.30. The van der Waals surface area contributed by atoms with Gasteiger partial charge >= 0.3 is 0 Å². The van der Waals surface area contributed by atoms with Gasteiger partial charge in [0.25, 0.3) is 0 Å². The number of rotatable bonds is 6. The second kappa shape index (κ2) is 6.81. The molecule has 1 rings (SSSR count). The summed E-state index contributed by atoms with van der Waals surface area (Å²) in [5.74, 6) is 0.939. The molecule has 0 aliphatic rings. The van der Waals surface area contributed by atoms with Crippen molar-refractivity contribution in [3.63, 3.8) is 0 Å². The topological polar surface area (TPSA) is 55.0 Å². The normalized spacial score (nSPS) is 10.8. The molecule has 1 aromatic heterocycles. The number of hydrogen-bond donors (Lipinski definition) is 1. The van der Waals surface area contributed by atoms with Crippen molar-refractivity contribution in [1.82, 2.24) is 9.97 Å². The second-order valence-electron chi connectivity index (χ2n) is 3.65. The summed E-state index contributed by atoms with van der Waals surface area (Å²) < 4.78 is 0.926. The number of hydrogen-bond acceptors (Lipinski definition) is 4. The lowest BCUT2D eigenvalue weighted by Gasteiger charge is -2.31. The van der Waals surface area contributed by atoms with Gasteiger partial charge in [-0.3, -0.25) is 0 Å². The third kappa shape index (κ3) is 3.15. The highest BCUT2D eigenvalue weighted by Gasteiger charge is 2.18. The largest absolute Gasteiger partial charge is 0.351 e. The Hall–Kier alpha value is -0.680. The zero-order valence-electron chi connectivity index (χ0n) is 9.86. The summed E-state index contributed by atoms with van der Waals surface area (Å²) in [6, 6.07) is 0.481. The van der Waals surface area contributed by atoms with Gasteiger partial charge < -0.3 is 10.6 Å². The molecule has 0 aromatic carbocycles. The summed E-state index contributed by atoms with van der Waals surface area (Å²) in [7, 11) is 0. The maximum absolute atomic E-state index is 5.66. The molecule has 0 saturated heterocycles. The monoisotopic (exact) mass is 286 g/mol. The summed E-state index contributed by atoms with van der Waals surface area (Å²) in [4.78, 5) is 10.6. The molecule has 90 valence electrons. The standard InChI is InChI=1S/C11H19BrN4/c1-3-9(4-2)16(6-5-13)11-10(12)7-14-8-15-11/h7-9H,3-6,13H2,1-2H3. The van der Waals surface area contributed by atoms with Crippen molar-refractivity contribution >= 4 is 21.7 Å². The third-order valence-electron chi connectivity index (χ3n) is 2.67. The maximum atomic E-state index is 5.66. The maximum Gasteiger partial charge on any atom is 0.146 e. The van der Waals surface area contributed by atoms with Crippen LogP contribution in [0, 0.1) is 0 Å². The molecule has 0 atom stereocenters. The van der Waals surface area contributed by atoms with Crippen LogP contribution in [-0.4, -0.2) is 29.1 Å². The molecule has 0 saturated carbocycles. The molecule has 0 bridgehead atoms. The number of nitrogens with two attached hydrogens (primary N) is 1. The fraction of sp³-hybridized carbons (Fsp3) is 0.636. The molecule has 2 N–H and O–H groups in total. The highest BCUT2D eigenvalue weighted by Crippen LogP contribution is 2.25. The van der Waals surface area contributed by atoms with Gasteiger partial charge in [-0.2, -0.15) is 0 Å². The van der Waals surface area contributed by atoms with Gasteiger partial charge in [0.05, 0.1) is 4.47 Å². The zero-order chi connectivity index (χ0) is 12.0. The Morgan fingerprint density at radius 1 is 1.44 bits per heavy atom. The molecule has 0 unspecified atom stereocenters. The van der Waals surface area contributed by atoms with Crippen molar-refractivity contribution in [2.75, 3.05) is 18.0 Å². The minimum absolute atomic E-state index is 0.481. The van der Waals surface area contributed by atoms with Gasteiger partial charge in [-0.25, -0.2) is 9.97 Å². The van der Waals surface area contributed by atoms with Crippen molar-refractivity contribution in [2.24, 2.45) is 5.73 Å². The molecule has 5 heteroatoms. The number of halogens is 1. The molecule has 1 heterocycles. The van der Waals surface area contributed by atoms with Crippen molar-refractivity contribution < 1.29 is 0 Å². The van der Waals surface area contributed by atoms with Gasteiger partial charge in [-0.15, -0.1) is 0 Å². The molecular weight excluding hydrogens is 268 g/mol. The van der Waals surface area contributed by atoms with Crippen molar-refractivity contribution in [3.8, 4) is 0 Å². The van der Waals surface area contributed by atoms with E-state index in [2.05, 4.69) is 44.6 Å². The van der Waals surface area contributed by atoms with Crippen LogP contribution in [-0.2, 0) is 0 Å². The molecule has 0 aliphatic heterocycles. The van der Waals surface area contributed by atoms with Gasteiger partial charge in [-0.05, 0) is 28.8 Å². The highest BCUT2D eigenvalue weighted by atomic mass is 79.9. The Morgan fingerprint density at radius 2 is 2.12 bits per heavy atom. The predicted molar refractivity (Wildman–Crippen MR) is 70.5 cm³/mol. The third-order valence-corrected chi connectivity index (χ3v) is 3.23. The van der Waals surface area contributed by atoms with Crippen LogP contribution in [0.15, 0.2) is 17.0 Å². The number of anilines is 1. The Balaban J connectivity index is 2.97. The Kier molecular flexibility index (Phi) is 5.69. The smallest absolute Gasteiger partial charge is 0.146 e. The zero-order valence-corrected chi connectivity index (χ0v) is 11.4. The van der Waals surface area contributed by atoms with Crippen LogP contribution in [0.5, 0.6) is 0 Å². The Morgan fingerprint density at radius 3 is 2.62 bits per heavy atom. The lowest BCUT2D eigenvalue weighted by Crippen LogP contribution is -2.39. The molecule has 0 fully saturated rings. The van der Waals surface area contributed by atoms with E-state index in [0.29, 0.717) is 12.6 Å². The van der Waals surface area contributed by atoms with Crippen LogP contribution in [0.2, 0.25) is 0 Å². The predicted octanol–water partition coefficient (Wildman–Crippen LogP) is 2.19. The van der Waals surface area contributed by atoms with Crippen LogP contribution in [0.3, 0.4) is 0 Å². The summed E-state index contributed by atoms with van der Waals surface area (Å²) in [5, 5.41) is 0. The average molecular weight is 287 g/mol. The van der Waals surface area contributed by atoms with E-state index in [1.807, 2.05) is 0 Å². The van der Waals surface area contributed by atoms with Crippen LogP contribution in [0.25, 0.3) is 0 Å². The van der Waals surface area contributed by atoms with E-state index in [9.17, 15) is 0 Å². The van der Waals surface area contributed by atoms with Gasteiger partial charge in [0.1, 0.15) is 12.1 Å². The molecular formula is C11H19BrN4. The molecule has 0 aliphatic carbocycles. The first-order valence-electron chi connectivity index (χ1n) is 5.66. The molecule has 0 amide bonds. The van der Waals surface area contributed by atoms with Crippen molar-refractivity contribution in [1.29, 1.82) is 0 Å². The van der Waals surface area contributed by atoms with Crippen molar-refractivity contribution in [2.45, 2.75) is 32.7 Å². The average Bonchev–Trinajstić information content (AvgIpc) is 2.30. The van der Waals surface area contributed by atoms with Crippen LogP contribution in [0.1, 0.15) is 26.7 Å². The van der Waals surface area contributed by atoms with Crippen LogP contribution >= 0.6 is 15.9 Å². The van der Waals surface area contributed by atoms with E-state index >= 15 is 0 Å². The van der Waals surface area contributed by atoms with Crippen LogP contribution in [0.4, 0.5) is 5.82 Å². The van der Waals surface area contributed by atoms with E-state index in [4.69, 9.17) is 5.73 Å². The first-order chi connectivity index (χ1) is 7.74. The molecule has 16 heavy (non-hydrogen) atoms. The minimum Gasteiger partial charge on any atom is -0.351 e. The molecule has 0 spiro atoms. The quantitative estimate of drug-likeness (QED) is 0.871. The SMILES string of the molecule is CCC(CC)N(CCN)c1ncncc1Br. The van der Waals surface area contributed by atoms with Gasteiger partial charge in [0.2, 0.25) is 0 Å². The molecule has 0 radical (unpaired) electrons. The fourth-order valence-electron chi connectivity index (χ4n) is 1.85. The van der Waals surface area contributed by atoms with E-state index in [1.165, 1.54) is 0 Å². The van der Waals surface area contributed by atoms with Gasteiger partial charge in [0.15, 0.2) is 0 Å². The van der Waals surface area contributed by atoms with Crippen molar-refractivity contribution in [3.05, 3.63) is 17.0 Å². The van der Waals surface area contributed by atoms with Gasteiger partial charge in [0, 0.05) is 25.3 Å². The van der Waals surface area contributed by atoms with Gasteiger partial charge in [-0.1, -0.05) is 13.8 Å². The van der Waals surface area contributed by atoms with E-state index in [1.54, 1.807) is 12.5 Å². The summed E-state index contributed by atoms with van der Waals surface area (Å²) in [5.41, 5.74) is 5.66. The minimum atomic E-state index is 0.481. The lowest BCUT2D eigenvalue weighted by molar-refractivity contribution is 0.553. The second-order valence-corrected chi connectivity index (χ2v) is 4.50. The van der Waals surface area contributed by atoms with E-state index < -0.39 is 0 Å².